The minimum absolute atomic E-state index is 0.00721. The van der Waals surface area contributed by atoms with Gasteiger partial charge in [-0.2, -0.15) is 10.2 Å². The second kappa shape index (κ2) is 14.2. The highest BCUT2D eigenvalue weighted by molar-refractivity contribution is 6.23. The van der Waals surface area contributed by atoms with Crippen LogP contribution < -0.4 is 10.2 Å². The second-order valence-corrected chi connectivity index (χ2v) is 16.9. The molecule has 16 heteroatoms. The van der Waals surface area contributed by atoms with Gasteiger partial charge < -0.3 is 9.80 Å². The molecule has 0 bridgehead atoms. The van der Waals surface area contributed by atoms with Gasteiger partial charge in [-0.25, -0.2) is 8.78 Å². The van der Waals surface area contributed by atoms with E-state index in [0.29, 0.717) is 61.4 Å². The molecule has 10 rings (SSSR count). The lowest BCUT2D eigenvalue weighted by atomic mass is 9.90. The Hall–Kier alpha value is -5.77. The van der Waals surface area contributed by atoms with Crippen LogP contribution in [0.3, 0.4) is 0 Å². The Kier molecular flexibility index (Phi) is 9.03. The minimum Gasteiger partial charge on any atom is -0.338 e. The van der Waals surface area contributed by atoms with Gasteiger partial charge in [0.1, 0.15) is 6.04 Å². The largest absolute Gasteiger partial charge is 0.338 e. The van der Waals surface area contributed by atoms with Crippen molar-refractivity contribution in [2.24, 2.45) is 7.05 Å². The number of benzene rings is 2. The van der Waals surface area contributed by atoms with Crippen LogP contribution in [0, 0.1) is 0 Å². The molecule has 1 N–H and O–H groups in total. The summed E-state index contributed by atoms with van der Waals surface area (Å²) in [5.74, 6) is -1.28. The summed E-state index contributed by atoms with van der Waals surface area (Å²) in [6, 6.07) is 6.57. The third-order valence-electron chi connectivity index (χ3n) is 13.4. The first-order chi connectivity index (χ1) is 28.4. The van der Waals surface area contributed by atoms with Crippen LogP contribution in [0.1, 0.15) is 119 Å². The molecule has 1 unspecified atom stereocenters. The summed E-state index contributed by atoms with van der Waals surface area (Å²) in [5.41, 5.74) is 7.54. The lowest BCUT2D eigenvalue weighted by Gasteiger charge is -2.35. The van der Waals surface area contributed by atoms with Crippen molar-refractivity contribution >= 4 is 41.0 Å². The first-order valence-electron chi connectivity index (χ1n) is 20.6. The van der Waals surface area contributed by atoms with Gasteiger partial charge in [0.25, 0.3) is 18.2 Å². The van der Waals surface area contributed by atoms with Gasteiger partial charge >= 0.3 is 0 Å². The third-order valence-corrected chi connectivity index (χ3v) is 13.4. The lowest BCUT2D eigenvalue weighted by Crippen LogP contribution is -2.54. The average Bonchev–Trinajstić information content (AvgIpc) is 4.00. The third kappa shape index (κ3) is 6.25. The average molecular weight is 806 g/mol. The number of anilines is 2. The molecule has 1 saturated carbocycles. The van der Waals surface area contributed by atoms with Gasteiger partial charge in [-0.3, -0.25) is 48.5 Å². The molecular formula is C43H45F2N9O5. The predicted molar refractivity (Wildman–Crippen MR) is 210 cm³/mol. The van der Waals surface area contributed by atoms with E-state index in [9.17, 15) is 32.8 Å². The molecule has 4 aromatic rings. The zero-order chi connectivity index (χ0) is 40.9. The maximum Gasteiger partial charge on any atom is 0.264 e. The first-order valence-corrected chi connectivity index (χ1v) is 20.6. The molecule has 306 valence electrons. The van der Waals surface area contributed by atoms with Gasteiger partial charge in [0.05, 0.1) is 29.9 Å². The van der Waals surface area contributed by atoms with Crippen LogP contribution in [0.15, 0.2) is 36.7 Å². The molecule has 0 radical (unpaired) electrons. The molecule has 1 aliphatic carbocycles. The number of imide groups is 2. The Balaban J connectivity index is 0.884. The molecule has 5 aliphatic heterocycles. The number of hydrogen-bond donors (Lipinski definition) is 1. The Labute approximate surface area is 339 Å². The Morgan fingerprint density at radius 3 is 2.17 bits per heavy atom. The molecule has 7 heterocycles. The highest BCUT2D eigenvalue weighted by atomic mass is 19.3. The van der Waals surface area contributed by atoms with E-state index in [1.165, 1.54) is 0 Å². The van der Waals surface area contributed by atoms with Crippen LogP contribution in [0.4, 0.5) is 20.3 Å². The fourth-order valence-corrected chi connectivity index (χ4v) is 10.4. The summed E-state index contributed by atoms with van der Waals surface area (Å²) in [6.45, 7) is 4.52. The van der Waals surface area contributed by atoms with E-state index >= 15 is 0 Å². The summed E-state index contributed by atoms with van der Waals surface area (Å²) in [7, 11) is 1.77. The number of nitrogens with one attached hydrogen (secondary N) is 1. The van der Waals surface area contributed by atoms with E-state index in [1.807, 2.05) is 23.1 Å². The van der Waals surface area contributed by atoms with Crippen LogP contribution in [-0.2, 0) is 53.9 Å². The normalized spacial score (nSPS) is 23.1. The predicted octanol–water partition coefficient (Wildman–Crippen LogP) is 5.11. The number of carbonyl (C=O) groups excluding carboxylic acids is 5. The maximum atomic E-state index is 14.7. The molecule has 1 saturated heterocycles. The van der Waals surface area contributed by atoms with Gasteiger partial charge in [-0.15, -0.1) is 0 Å². The van der Waals surface area contributed by atoms with Crippen LogP contribution >= 0.6 is 0 Å². The van der Waals surface area contributed by atoms with E-state index < -0.39 is 36.1 Å². The molecule has 1 atom stereocenters. The molecule has 2 aromatic carbocycles. The Morgan fingerprint density at radius 2 is 1.53 bits per heavy atom. The zero-order valence-electron chi connectivity index (χ0n) is 33.0. The molecule has 0 spiro atoms. The van der Waals surface area contributed by atoms with Gasteiger partial charge in [-0.1, -0.05) is 0 Å². The van der Waals surface area contributed by atoms with Crippen molar-refractivity contribution in [3.8, 4) is 11.1 Å². The monoisotopic (exact) mass is 805 g/mol. The van der Waals surface area contributed by atoms with Crippen molar-refractivity contribution in [2.75, 3.05) is 18.0 Å². The lowest BCUT2D eigenvalue weighted by molar-refractivity contribution is -0.136. The van der Waals surface area contributed by atoms with Crippen molar-refractivity contribution in [3.05, 3.63) is 81.3 Å². The highest BCUT2D eigenvalue weighted by Crippen LogP contribution is 2.45. The molecule has 2 fully saturated rings. The SMILES string of the molecule is CC(=O)N1CCc2c(c(N3CCCc4cc(-c5cnn(C)c5)c(C(F)F)cc43)nn2C2CCC(N3Cc4cc5c(cc4C3)C(=O)N(C3CCC(=O)NC3=O)C5=O)CC2)C1. The van der Waals surface area contributed by atoms with Gasteiger partial charge in [0.2, 0.25) is 17.7 Å². The van der Waals surface area contributed by atoms with Crippen LogP contribution in [0.2, 0.25) is 0 Å². The van der Waals surface area contributed by atoms with Crippen LogP contribution in [-0.4, -0.2) is 89.0 Å². The molecule has 2 aromatic heterocycles. The smallest absolute Gasteiger partial charge is 0.264 e. The summed E-state index contributed by atoms with van der Waals surface area (Å²) in [6.07, 6.45) is 6.76. The first kappa shape index (κ1) is 37.5. The summed E-state index contributed by atoms with van der Waals surface area (Å²) < 4.78 is 33.2. The number of hydrogen-bond acceptors (Lipinski definition) is 9. The van der Waals surface area contributed by atoms with Crippen molar-refractivity contribution in [2.45, 2.75) is 109 Å². The number of alkyl halides is 2. The van der Waals surface area contributed by atoms with Crippen molar-refractivity contribution < 1.29 is 32.8 Å². The van der Waals surface area contributed by atoms with Crippen molar-refractivity contribution in [1.82, 2.24) is 39.6 Å². The van der Waals surface area contributed by atoms with E-state index in [1.54, 1.807) is 37.1 Å². The second-order valence-electron chi connectivity index (χ2n) is 16.9. The number of aryl methyl sites for hydroxylation is 2. The molecule has 59 heavy (non-hydrogen) atoms. The zero-order valence-corrected chi connectivity index (χ0v) is 33.0. The highest BCUT2D eigenvalue weighted by Gasteiger charge is 2.46. The standard InChI is InChI=1S/C43H45F2N9O5/c1-23(55)50-13-11-35-34(22-50)40(52-12-3-4-24-14-30(27-18-46-49(2)19-27)31(39(44)45)17-37(24)52)48-54(35)29-7-5-28(6-8-29)51-20-25-15-32-33(16-26(25)21-51)43(59)53(42(32)58)36-9-10-38(56)47-41(36)57/h14-19,28-29,36,39H,3-13,20-22H2,1-2H3,(H,47,56,57). The number of carbonyl (C=O) groups is 5. The number of rotatable bonds is 6. The summed E-state index contributed by atoms with van der Waals surface area (Å²) >= 11 is 0. The van der Waals surface area contributed by atoms with Gasteiger partial charge in [-0.05, 0) is 91.5 Å². The minimum atomic E-state index is -2.68. The summed E-state index contributed by atoms with van der Waals surface area (Å²) in [4.78, 5) is 71.2. The van der Waals surface area contributed by atoms with Crippen molar-refractivity contribution in [3.63, 3.8) is 0 Å². The number of piperidine rings is 1. The summed E-state index contributed by atoms with van der Waals surface area (Å²) in [5, 5.41) is 11.8. The van der Waals surface area contributed by atoms with E-state index in [-0.39, 0.29) is 36.4 Å². The Bertz CT molecular complexity index is 2420. The van der Waals surface area contributed by atoms with E-state index in [4.69, 9.17) is 5.10 Å². The maximum absolute atomic E-state index is 14.7. The van der Waals surface area contributed by atoms with Crippen LogP contribution in [0.25, 0.3) is 11.1 Å². The van der Waals surface area contributed by atoms with Crippen molar-refractivity contribution in [1.29, 1.82) is 0 Å². The topological polar surface area (TPSA) is 146 Å². The fraction of sp³-hybridized carbons (Fsp3) is 0.465. The van der Waals surface area contributed by atoms with Gasteiger partial charge in [0, 0.05) is 93.3 Å². The number of nitrogens with zero attached hydrogens (tertiary/aromatic N) is 8. The molecular weight excluding hydrogens is 761 g/mol. The molecule has 6 aliphatic rings. The van der Waals surface area contributed by atoms with E-state index in [0.717, 1.165) is 82.9 Å². The number of halogens is 2. The molecule has 14 nitrogen and oxygen atoms in total. The van der Waals surface area contributed by atoms with Crippen LogP contribution in [0.5, 0.6) is 0 Å². The van der Waals surface area contributed by atoms with E-state index in [2.05, 4.69) is 24.9 Å². The van der Waals surface area contributed by atoms with Gasteiger partial charge in [0.15, 0.2) is 5.82 Å². The fourth-order valence-electron chi connectivity index (χ4n) is 10.4. The molecule has 5 amide bonds. The number of amides is 5. The number of fused-ring (bicyclic) bond motifs is 4. The number of aromatic nitrogens is 4. The Morgan fingerprint density at radius 1 is 0.831 bits per heavy atom. The quantitative estimate of drug-likeness (QED) is 0.263.